The van der Waals surface area contributed by atoms with Gasteiger partial charge >= 0.3 is 0 Å². The lowest BCUT2D eigenvalue weighted by atomic mass is 10.0. The Kier molecular flexibility index (Phi) is 5.01. The van der Waals surface area contributed by atoms with Gasteiger partial charge in [-0.1, -0.05) is 42.5 Å². The van der Waals surface area contributed by atoms with Crippen LogP contribution in [0.5, 0.6) is 5.75 Å². The summed E-state index contributed by atoms with van der Waals surface area (Å²) in [5.74, 6) is 1.57. The molecule has 0 amide bonds. The Morgan fingerprint density at radius 1 is 1.04 bits per heavy atom. The van der Waals surface area contributed by atoms with Crippen molar-refractivity contribution in [3.8, 4) is 16.9 Å². The molecule has 0 aliphatic rings. The summed E-state index contributed by atoms with van der Waals surface area (Å²) in [5, 5.41) is 0.702. The van der Waals surface area contributed by atoms with Crippen molar-refractivity contribution in [2.24, 2.45) is 0 Å². The van der Waals surface area contributed by atoms with Crippen molar-refractivity contribution in [2.45, 2.75) is 27.3 Å². The summed E-state index contributed by atoms with van der Waals surface area (Å²) in [4.78, 5) is 20.1. The zero-order chi connectivity index (χ0) is 19.7. The van der Waals surface area contributed by atoms with Gasteiger partial charge in [-0.25, -0.2) is 4.98 Å². The van der Waals surface area contributed by atoms with E-state index in [1.807, 2.05) is 68.4 Å². The molecular weight excluding hydrogens is 368 g/mol. The summed E-state index contributed by atoms with van der Waals surface area (Å²) < 4.78 is 7.31. The molecule has 5 heteroatoms. The average molecular weight is 391 g/mol. The lowest BCUT2D eigenvalue weighted by Gasteiger charge is -2.11. The van der Waals surface area contributed by atoms with Crippen molar-refractivity contribution in [3.05, 3.63) is 81.2 Å². The Hall–Kier alpha value is -2.92. The van der Waals surface area contributed by atoms with Gasteiger partial charge in [0.1, 0.15) is 16.4 Å². The molecule has 0 unspecified atom stereocenters. The second-order valence-electron chi connectivity index (χ2n) is 6.71. The number of aromatic nitrogens is 2. The van der Waals surface area contributed by atoms with E-state index in [-0.39, 0.29) is 5.56 Å². The van der Waals surface area contributed by atoms with Gasteiger partial charge in [-0.2, -0.15) is 0 Å². The molecule has 2 aromatic heterocycles. The van der Waals surface area contributed by atoms with Crippen LogP contribution in [0.3, 0.4) is 0 Å². The summed E-state index contributed by atoms with van der Waals surface area (Å²) in [7, 11) is 0. The number of hydrogen-bond acceptors (Lipinski definition) is 4. The smallest absolute Gasteiger partial charge is 0.263 e. The van der Waals surface area contributed by atoms with Gasteiger partial charge in [-0.3, -0.25) is 9.36 Å². The molecule has 0 spiro atoms. The SMILES string of the molecule is CCOc1ccc(-c2c(C)sc3nc(C)n(Cc4ccccc4)c(=O)c23)cc1. The Labute approximate surface area is 168 Å². The maximum absolute atomic E-state index is 13.4. The van der Waals surface area contributed by atoms with Gasteiger partial charge < -0.3 is 4.74 Å². The summed E-state index contributed by atoms with van der Waals surface area (Å²) in [6.07, 6.45) is 0. The van der Waals surface area contributed by atoms with Crippen molar-refractivity contribution >= 4 is 21.6 Å². The van der Waals surface area contributed by atoms with Crippen molar-refractivity contribution < 1.29 is 4.74 Å². The minimum atomic E-state index is 0.0135. The highest BCUT2D eigenvalue weighted by Crippen LogP contribution is 2.36. The number of benzene rings is 2. The topological polar surface area (TPSA) is 44.1 Å². The van der Waals surface area contributed by atoms with E-state index >= 15 is 0 Å². The molecule has 0 bridgehead atoms. The number of nitrogens with zero attached hydrogens (tertiary/aromatic N) is 2. The lowest BCUT2D eigenvalue weighted by Crippen LogP contribution is -2.24. The molecule has 2 heterocycles. The minimum Gasteiger partial charge on any atom is -0.494 e. The number of fused-ring (bicyclic) bond motifs is 1. The lowest BCUT2D eigenvalue weighted by molar-refractivity contribution is 0.340. The number of hydrogen-bond donors (Lipinski definition) is 0. The van der Waals surface area contributed by atoms with Gasteiger partial charge in [0, 0.05) is 10.4 Å². The summed E-state index contributed by atoms with van der Waals surface area (Å²) in [6.45, 7) is 7.07. The molecule has 2 aromatic carbocycles. The third kappa shape index (κ3) is 3.34. The number of aryl methyl sites for hydroxylation is 2. The van der Waals surface area contributed by atoms with E-state index in [4.69, 9.17) is 9.72 Å². The summed E-state index contributed by atoms with van der Waals surface area (Å²) in [6, 6.07) is 17.9. The first-order chi connectivity index (χ1) is 13.6. The van der Waals surface area contributed by atoms with Crippen LogP contribution in [-0.2, 0) is 6.54 Å². The molecule has 0 saturated carbocycles. The molecule has 0 atom stereocenters. The van der Waals surface area contributed by atoms with Gasteiger partial charge in [0.15, 0.2) is 0 Å². The highest BCUT2D eigenvalue weighted by Gasteiger charge is 2.18. The second kappa shape index (κ2) is 7.60. The van der Waals surface area contributed by atoms with Crippen LogP contribution in [0.15, 0.2) is 59.4 Å². The van der Waals surface area contributed by atoms with E-state index in [2.05, 4.69) is 6.92 Å². The first-order valence-corrected chi connectivity index (χ1v) is 10.2. The molecule has 4 nitrogen and oxygen atoms in total. The zero-order valence-electron chi connectivity index (χ0n) is 16.2. The highest BCUT2D eigenvalue weighted by atomic mass is 32.1. The molecule has 0 N–H and O–H groups in total. The van der Waals surface area contributed by atoms with Crippen molar-refractivity contribution in [3.63, 3.8) is 0 Å². The zero-order valence-corrected chi connectivity index (χ0v) is 17.0. The molecule has 0 radical (unpaired) electrons. The Bertz CT molecular complexity index is 1180. The van der Waals surface area contributed by atoms with Gasteiger partial charge in [-0.05, 0) is 44.0 Å². The predicted molar refractivity (Wildman–Crippen MR) is 116 cm³/mol. The Morgan fingerprint density at radius 3 is 2.43 bits per heavy atom. The largest absolute Gasteiger partial charge is 0.494 e. The Balaban J connectivity index is 1.87. The van der Waals surface area contributed by atoms with Gasteiger partial charge in [0.05, 0.1) is 18.5 Å². The number of thiophene rings is 1. The van der Waals surface area contributed by atoms with Crippen molar-refractivity contribution in [2.75, 3.05) is 6.61 Å². The quantitative estimate of drug-likeness (QED) is 0.471. The molecule has 142 valence electrons. The van der Waals surface area contributed by atoms with E-state index in [0.29, 0.717) is 18.5 Å². The monoisotopic (exact) mass is 390 g/mol. The van der Waals surface area contributed by atoms with Gasteiger partial charge in [-0.15, -0.1) is 11.3 Å². The van der Waals surface area contributed by atoms with Crippen LogP contribution < -0.4 is 10.3 Å². The second-order valence-corrected chi connectivity index (χ2v) is 7.91. The fraction of sp³-hybridized carbons (Fsp3) is 0.217. The van der Waals surface area contributed by atoms with Crippen LogP contribution in [0.25, 0.3) is 21.3 Å². The number of rotatable bonds is 5. The molecule has 0 saturated heterocycles. The molecule has 4 rings (SSSR count). The molecular formula is C23H22N2O2S. The van der Waals surface area contributed by atoms with Gasteiger partial charge in [0.25, 0.3) is 5.56 Å². The maximum atomic E-state index is 13.4. The third-order valence-corrected chi connectivity index (χ3v) is 5.82. The molecule has 0 fully saturated rings. The first-order valence-electron chi connectivity index (χ1n) is 9.36. The standard InChI is InChI=1S/C23H22N2O2S/c1-4-27-19-12-10-18(11-13-19)20-15(2)28-22-21(20)23(26)25(16(3)24-22)14-17-8-6-5-7-9-17/h5-13H,4,14H2,1-3H3. The Morgan fingerprint density at radius 2 is 1.75 bits per heavy atom. The van der Waals surface area contributed by atoms with Crippen molar-refractivity contribution in [1.29, 1.82) is 0 Å². The fourth-order valence-electron chi connectivity index (χ4n) is 3.48. The van der Waals surface area contributed by atoms with Crippen LogP contribution in [0.1, 0.15) is 23.2 Å². The van der Waals surface area contributed by atoms with Crippen LogP contribution in [0.2, 0.25) is 0 Å². The van der Waals surface area contributed by atoms with E-state index in [9.17, 15) is 4.79 Å². The third-order valence-electron chi connectivity index (χ3n) is 4.82. The van der Waals surface area contributed by atoms with Crippen LogP contribution in [0, 0.1) is 13.8 Å². The number of ether oxygens (including phenoxy) is 1. The molecule has 0 aliphatic carbocycles. The summed E-state index contributed by atoms with van der Waals surface area (Å²) in [5.41, 5.74) is 3.09. The average Bonchev–Trinajstić information content (AvgIpc) is 3.03. The molecule has 0 aliphatic heterocycles. The summed E-state index contributed by atoms with van der Waals surface area (Å²) >= 11 is 1.58. The predicted octanol–water partition coefficient (Wildman–Crippen LogP) is 5.19. The first kappa shape index (κ1) is 18.4. The van der Waals surface area contributed by atoms with Crippen LogP contribution >= 0.6 is 11.3 Å². The van der Waals surface area contributed by atoms with Gasteiger partial charge in [0.2, 0.25) is 0 Å². The highest BCUT2D eigenvalue weighted by molar-refractivity contribution is 7.19. The fourth-order valence-corrected chi connectivity index (χ4v) is 4.56. The van der Waals surface area contributed by atoms with Crippen LogP contribution in [-0.4, -0.2) is 16.2 Å². The minimum absolute atomic E-state index is 0.0135. The molecule has 28 heavy (non-hydrogen) atoms. The van der Waals surface area contributed by atoms with E-state index in [1.165, 1.54) is 0 Å². The maximum Gasteiger partial charge on any atom is 0.263 e. The van der Waals surface area contributed by atoms with E-state index < -0.39 is 0 Å². The van der Waals surface area contributed by atoms with Crippen LogP contribution in [0.4, 0.5) is 0 Å². The van der Waals surface area contributed by atoms with E-state index in [0.717, 1.165) is 38.0 Å². The normalized spacial score (nSPS) is 11.1. The molecule has 4 aromatic rings. The van der Waals surface area contributed by atoms with E-state index in [1.54, 1.807) is 15.9 Å². The van der Waals surface area contributed by atoms with Crippen molar-refractivity contribution in [1.82, 2.24) is 9.55 Å².